The van der Waals surface area contributed by atoms with Gasteiger partial charge in [0.15, 0.2) is 5.75 Å². The van der Waals surface area contributed by atoms with E-state index in [0.29, 0.717) is 0 Å². The van der Waals surface area contributed by atoms with Gasteiger partial charge in [-0.25, -0.2) is 4.79 Å². The minimum Gasteiger partial charge on any atom is -0.506 e. The molecule has 0 aliphatic rings. The molecule has 3 rings (SSSR count). The van der Waals surface area contributed by atoms with E-state index in [2.05, 4.69) is 10.6 Å². The number of anilines is 2. The van der Waals surface area contributed by atoms with Crippen LogP contribution in [0.25, 0.3) is 0 Å². The second-order valence-corrected chi connectivity index (χ2v) is 8.00. The standard InChI is InChI=1S/C21H20N2O5S/c1-14-11-15(2)13-16(12-14)29(26,27)28-20-10-6-4-8-18(20)23-21(25)22-17-7-3-5-9-19(17)24/h3-13,24H,1-2H3,(H2,22,23,25). The number of carbonyl (C=O) groups excluding carboxylic acids is 1. The first-order chi connectivity index (χ1) is 13.7. The van der Waals surface area contributed by atoms with Gasteiger partial charge in [-0.1, -0.05) is 30.3 Å². The first-order valence-electron chi connectivity index (χ1n) is 8.72. The average Bonchev–Trinajstić information content (AvgIpc) is 2.64. The van der Waals surface area contributed by atoms with E-state index in [4.69, 9.17) is 4.18 Å². The van der Waals surface area contributed by atoms with Crippen molar-refractivity contribution in [3.63, 3.8) is 0 Å². The monoisotopic (exact) mass is 412 g/mol. The van der Waals surface area contributed by atoms with E-state index in [1.54, 1.807) is 38.1 Å². The number of rotatable bonds is 5. The van der Waals surface area contributed by atoms with Gasteiger partial charge in [0.1, 0.15) is 10.6 Å². The second kappa shape index (κ2) is 8.24. The lowest BCUT2D eigenvalue weighted by atomic mass is 10.2. The summed E-state index contributed by atoms with van der Waals surface area (Å²) in [5.41, 5.74) is 1.96. The van der Waals surface area contributed by atoms with Crippen molar-refractivity contribution >= 4 is 27.5 Å². The van der Waals surface area contributed by atoms with Gasteiger partial charge in [0.2, 0.25) is 0 Å². The molecule has 0 saturated heterocycles. The minimum absolute atomic E-state index is 0.0286. The number of phenolic OH excluding ortho intramolecular Hbond substituents is 1. The Bertz CT molecular complexity index is 1140. The lowest BCUT2D eigenvalue weighted by Gasteiger charge is -2.14. The van der Waals surface area contributed by atoms with Crippen molar-refractivity contribution < 1.29 is 22.5 Å². The predicted molar refractivity (Wildman–Crippen MR) is 111 cm³/mol. The Morgan fingerprint density at radius 2 is 1.41 bits per heavy atom. The van der Waals surface area contributed by atoms with Crippen molar-refractivity contribution in [2.75, 3.05) is 10.6 Å². The van der Waals surface area contributed by atoms with Gasteiger partial charge >= 0.3 is 16.1 Å². The molecule has 150 valence electrons. The van der Waals surface area contributed by atoms with E-state index in [1.165, 1.54) is 36.4 Å². The summed E-state index contributed by atoms with van der Waals surface area (Å²) in [4.78, 5) is 12.3. The third kappa shape index (κ3) is 5.05. The topological polar surface area (TPSA) is 105 Å². The Kier molecular flexibility index (Phi) is 5.74. The number of aryl methyl sites for hydroxylation is 2. The minimum atomic E-state index is -4.09. The quantitative estimate of drug-likeness (QED) is 0.425. The molecule has 8 heteroatoms. The van der Waals surface area contributed by atoms with Crippen LogP contribution in [0.2, 0.25) is 0 Å². The number of nitrogens with one attached hydrogen (secondary N) is 2. The van der Waals surface area contributed by atoms with Crippen LogP contribution in [0, 0.1) is 13.8 Å². The number of urea groups is 1. The largest absolute Gasteiger partial charge is 0.506 e. The summed E-state index contributed by atoms with van der Waals surface area (Å²) in [6, 6.07) is 16.7. The molecule has 3 N–H and O–H groups in total. The number of hydrogen-bond acceptors (Lipinski definition) is 5. The normalized spacial score (nSPS) is 11.0. The highest BCUT2D eigenvalue weighted by Crippen LogP contribution is 2.29. The summed E-state index contributed by atoms with van der Waals surface area (Å²) in [5.74, 6) is -0.122. The molecule has 7 nitrogen and oxygen atoms in total. The molecule has 0 atom stereocenters. The number of benzene rings is 3. The third-order valence-electron chi connectivity index (χ3n) is 3.97. The first-order valence-corrected chi connectivity index (χ1v) is 10.1. The summed E-state index contributed by atoms with van der Waals surface area (Å²) in [5, 5.41) is 14.8. The highest BCUT2D eigenvalue weighted by molar-refractivity contribution is 7.87. The van der Waals surface area contributed by atoms with Crippen LogP contribution in [0.3, 0.4) is 0 Å². The Morgan fingerprint density at radius 3 is 2.07 bits per heavy atom. The zero-order valence-corrected chi connectivity index (χ0v) is 16.7. The Balaban J connectivity index is 1.81. The van der Waals surface area contributed by atoms with Gasteiger partial charge in [0.05, 0.1) is 11.4 Å². The predicted octanol–water partition coefficient (Wildman–Crippen LogP) is 4.42. The summed E-state index contributed by atoms with van der Waals surface area (Å²) < 4.78 is 30.7. The fraction of sp³-hybridized carbons (Fsp3) is 0.0952. The van der Waals surface area contributed by atoms with Crippen LogP contribution in [0.1, 0.15) is 11.1 Å². The highest BCUT2D eigenvalue weighted by Gasteiger charge is 2.20. The maximum Gasteiger partial charge on any atom is 0.339 e. The lowest BCUT2D eigenvalue weighted by Crippen LogP contribution is -2.20. The zero-order chi connectivity index (χ0) is 21.0. The molecule has 0 heterocycles. The van der Waals surface area contributed by atoms with E-state index >= 15 is 0 Å². The van der Waals surface area contributed by atoms with E-state index in [9.17, 15) is 18.3 Å². The highest BCUT2D eigenvalue weighted by atomic mass is 32.2. The van der Waals surface area contributed by atoms with Crippen molar-refractivity contribution in [2.24, 2.45) is 0 Å². The van der Waals surface area contributed by atoms with E-state index < -0.39 is 16.1 Å². The second-order valence-electron chi connectivity index (χ2n) is 6.45. The number of carbonyl (C=O) groups is 1. The van der Waals surface area contributed by atoms with E-state index in [0.717, 1.165) is 11.1 Å². The van der Waals surface area contributed by atoms with Gasteiger partial charge in [-0.2, -0.15) is 8.42 Å². The maximum absolute atomic E-state index is 12.7. The van der Waals surface area contributed by atoms with Crippen molar-refractivity contribution in [2.45, 2.75) is 18.7 Å². The molecule has 2 amide bonds. The molecule has 29 heavy (non-hydrogen) atoms. The molecule has 0 radical (unpaired) electrons. The SMILES string of the molecule is Cc1cc(C)cc(S(=O)(=O)Oc2ccccc2NC(=O)Nc2ccccc2O)c1. The summed E-state index contributed by atoms with van der Waals surface area (Å²) in [6.07, 6.45) is 0. The van der Waals surface area contributed by atoms with Gasteiger partial charge in [-0.05, 0) is 61.4 Å². The molecule has 0 aliphatic heterocycles. The van der Waals surface area contributed by atoms with Gasteiger partial charge in [-0.3, -0.25) is 0 Å². The molecule has 0 unspecified atom stereocenters. The van der Waals surface area contributed by atoms with Crippen LogP contribution in [0.15, 0.2) is 71.6 Å². The molecule has 3 aromatic carbocycles. The Morgan fingerprint density at radius 1 is 0.862 bits per heavy atom. The molecule has 0 aromatic heterocycles. The van der Waals surface area contributed by atoms with Gasteiger partial charge in [-0.15, -0.1) is 0 Å². The fourth-order valence-corrected chi connectivity index (χ4v) is 3.88. The Labute approximate surface area is 169 Å². The summed E-state index contributed by atoms with van der Waals surface area (Å²) in [7, 11) is -4.09. The van der Waals surface area contributed by atoms with Crippen LogP contribution in [-0.4, -0.2) is 19.6 Å². The smallest absolute Gasteiger partial charge is 0.339 e. The fourth-order valence-electron chi connectivity index (χ4n) is 2.74. The molecular weight excluding hydrogens is 392 g/mol. The maximum atomic E-state index is 12.7. The number of amides is 2. The van der Waals surface area contributed by atoms with Crippen molar-refractivity contribution in [3.8, 4) is 11.5 Å². The number of para-hydroxylation sites is 4. The number of aromatic hydroxyl groups is 1. The van der Waals surface area contributed by atoms with Crippen LogP contribution in [0.4, 0.5) is 16.2 Å². The van der Waals surface area contributed by atoms with Crippen LogP contribution in [-0.2, 0) is 10.1 Å². The van der Waals surface area contributed by atoms with E-state index in [1.807, 2.05) is 6.07 Å². The molecule has 0 spiro atoms. The van der Waals surface area contributed by atoms with Crippen molar-refractivity contribution in [1.82, 2.24) is 0 Å². The van der Waals surface area contributed by atoms with Crippen molar-refractivity contribution in [1.29, 1.82) is 0 Å². The average molecular weight is 412 g/mol. The van der Waals surface area contributed by atoms with Crippen LogP contribution in [0.5, 0.6) is 11.5 Å². The lowest BCUT2D eigenvalue weighted by molar-refractivity contribution is 0.262. The third-order valence-corrected chi connectivity index (χ3v) is 5.18. The van der Waals surface area contributed by atoms with Gasteiger partial charge in [0, 0.05) is 0 Å². The summed E-state index contributed by atoms with van der Waals surface area (Å²) >= 11 is 0. The van der Waals surface area contributed by atoms with Crippen molar-refractivity contribution in [3.05, 3.63) is 77.9 Å². The molecule has 0 fully saturated rings. The van der Waals surface area contributed by atoms with Crippen LogP contribution >= 0.6 is 0 Å². The Hall–Kier alpha value is -3.52. The van der Waals surface area contributed by atoms with Gasteiger partial charge in [0.25, 0.3) is 0 Å². The molecular formula is C21H20N2O5S. The number of phenols is 1. The molecule has 3 aromatic rings. The molecule has 0 aliphatic carbocycles. The van der Waals surface area contributed by atoms with Crippen LogP contribution < -0.4 is 14.8 Å². The first kappa shape index (κ1) is 20.2. The van der Waals surface area contributed by atoms with E-state index in [-0.39, 0.29) is 27.8 Å². The molecule has 0 bridgehead atoms. The summed E-state index contributed by atoms with van der Waals surface area (Å²) in [6.45, 7) is 3.59. The van der Waals surface area contributed by atoms with Gasteiger partial charge < -0.3 is 19.9 Å². The molecule has 0 saturated carbocycles. The number of hydrogen-bond donors (Lipinski definition) is 3. The zero-order valence-electron chi connectivity index (χ0n) is 15.8.